The molecule has 1 aliphatic heterocycles. The highest BCUT2D eigenvalue weighted by molar-refractivity contribution is 5.94. The third-order valence-electron chi connectivity index (χ3n) is 5.57. The number of ether oxygens (including phenoxy) is 1. The van der Waals surface area contributed by atoms with Crippen LogP contribution in [0.3, 0.4) is 0 Å². The molecule has 0 atom stereocenters. The topological polar surface area (TPSA) is 67.7 Å². The van der Waals surface area contributed by atoms with E-state index in [0.717, 1.165) is 41.8 Å². The molecule has 2 amide bonds. The van der Waals surface area contributed by atoms with E-state index in [2.05, 4.69) is 13.0 Å². The summed E-state index contributed by atoms with van der Waals surface area (Å²) < 4.78 is 7.01. The van der Waals surface area contributed by atoms with E-state index in [-0.39, 0.29) is 12.0 Å². The molecule has 7 nitrogen and oxygen atoms in total. The van der Waals surface area contributed by atoms with Crippen LogP contribution < -0.4 is 0 Å². The van der Waals surface area contributed by atoms with E-state index in [1.165, 1.54) is 0 Å². The third kappa shape index (κ3) is 3.25. The molecule has 0 saturated carbocycles. The number of nitrogens with zero attached hydrogens (tertiary/aromatic N) is 4. The maximum atomic E-state index is 13.2. The Bertz CT molecular complexity index is 897. The average molecular weight is 382 g/mol. The highest BCUT2D eigenvalue weighted by atomic mass is 16.6. The van der Waals surface area contributed by atoms with Gasteiger partial charge in [0.25, 0.3) is 5.91 Å². The van der Waals surface area contributed by atoms with Crippen LogP contribution in [0.1, 0.15) is 40.7 Å². The van der Waals surface area contributed by atoms with E-state index in [4.69, 9.17) is 9.84 Å². The Kier molecular flexibility index (Phi) is 5.07. The molecule has 2 aromatic rings. The quantitative estimate of drug-likeness (QED) is 0.818. The van der Waals surface area contributed by atoms with Crippen LogP contribution in [-0.2, 0) is 17.6 Å². The molecule has 1 aliphatic carbocycles. The monoisotopic (exact) mass is 382 g/mol. The molecule has 4 rings (SSSR count). The number of hydrogen-bond acceptors (Lipinski definition) is 4. The van der Waals surface area contributed by atoms with E-state index in [1.54, 1.807) is 16.7 Å². The van der Waals surface area contributed by atoms with E-state index in [0.29, 0.717) is 38.5 Å². The van der Waals surface area contributed by atoms with Crippen LogP contribution in [0, 0.1) is 6.92 Å². The lowest BCUT2D eigenvalue weighted by Gasteiger charge is -2.33. The van der Waals surface area contributed by atoms with E-state index >= 15 is 0 Å². The Labute approximate surface area is 164 Å². The second-order valence-corrected chi connectivity index (χ2v) is 7.30. The standard InChI is InChI=1S/C21H26N4O3/c1-3-28-21(27)24-13-11-23(12-14-24)20(26)19-16-8-6-10-18(16)25(22-19)17-9-5-4-7-15(17)2/h4-5,7,9H,3,6,8,10-14H2,1-2H3. The van der Waals surface area contributed by atoms with Crippen molar-refractivity contribution in [1.82, 2.24) is 19.6 Å². The van der Waals surface area contributed by atoms with Gasteiger partial charge in [0.2, 0.25) is 0 Å². The minimum atomic E-state index is -0.306. The van der Waals surface area contributed by atoms with Crippen molar-refractivity contribution in [3.05, 3.63) is 46.8 Å². The lowest BCUT2D eigenvalue weighted by Crippen LogP contribution is -2.51. The summed E-state index contributed by atoms with van der Waals surface area (Å²) in [5.74, 6) is -0.0333. The average Bonchev–Trinajstić information content (AvgIpc) is 3.31. The minimum absolute atomic E-state index is 0.0333. The summed E-state index contributed by atoms with van der Waals surface area (Å²) >= 11 is 0. The summed E-state index contributed by atoms with van der Waals surface area (Å²) in [7, 11) is 0. The maximum Gasteiger partial charge on any atom is 0.409 e. The molecule has 28 heavy (non-hydrogen) atoms. The van der Waals surface area contributed by atoms with Crippen molar-refractivity contribution in [1.29, 1.82) is 0 Å². The summed E-state index contributed by atoms with van der Waals surface area (Å²) in [6.45, 7) is 6.21. The first-order chi connectivity index (χ1) is 13.6. The lowest BCUT2D eigenvalue weighted by atomic mass is 10.1. The van der Waals surface area contributed by atoms with Gasteiger partial charge in [-0.15, -0.1) is 0 Å². The molecule has 0 N–H and O–H groups in total. The third-order valence-corrected chi connectivity index (χ3v) is 5.57. The number of hydrogen-bond donors (Lipinski definition) is 0. The zero-order chi connectivity index (χ0) is 19.7. The van der Waals surface area contributed by atoms with Crippen molar-refractivity contribution < 1.29 is 14.3 Å². The van der Waals surface area contributed by atoms with Crippen molar-refractivity contribution >= 4 is 12.0 Å². The van der Waals surface area contributed by atoms with Gasteiger partial charge in [-0.1, -0.05) is 18.2 Å². The van der Waals surface area contributed by atoms with Crippen LogP contribution in [0.4, 0.5) is 4.79 Å². The van der Waals surface area contributed by atoms with Gasteiger partial charge in [-0.3, -0.25) is 4.79 Å². The SMILES string of the molecule is CCOC(=O)N1CCN(C(=O)c2nn(-c3ccccc3C)c3c2CCC3)CC1. The molecule has 2 heterocycles. The molecular formula is C21H26N4O3. The van der Waals surface area contributed by atoms with Crippen LogP contribution >= 0.6 is 0 Å². The molecule has 0 spiro atoms. The number of carbonyl (C=O) groups excluding carboxylic acids is 2. The van der Waals surface area contributed by atoms with Gasteiger partial charge in [0, 0.05) is 37.4 Å². The summed E-state index contributed by atoms with van der Waals surface area (Å²) in [4.78, 5) is 28.5. The number of para-hydroxylation sites is 1. The van der Waals surface area contributed by atoms with Crippen LogP contribution in [-0.4, -0.2) is 64.4 Å². The van der Waals surface area contributed by atoms with Crippen molar-refractivity contribution in [3.8, 4) is 5.69 Å². The Hall–Kier alpha value is -2.83. The fraction of sp³-hybridized carbons (Fsp3) is 0.476. The van der Waals surface area contributed by atoms with Crippen molar-refractivity contribution in [2.24, 2.45) is 0 Å². The number of carbonyl (C=O) groups is 2. The second kappa shape index (κ2) is 7.66. The molecule has 1 aromatic heterocycles. The van der Waals surface area contributed by atoms with E-state index < -0.39 is 0 Å². The normalized spacial score (nSPS) is 16.2. The summed E-state index contributed by atoms with van der Waals surface area (Å²) in [6.07, 6.45) is 2.58. The van der Waals surface area contributed by atoms with Gasteiger partial charge in [-0.2, -0.15) is 5.10 Å². The van der Waals surface area contributed by atoms with Gasteiger partial charge in [0.05, 0.1) is 12.3 Å². The van der Waals surface area contributed by atoms with Gasteiger partial charge in [0.15, 0.2) is 5.69 Å². The van der Waals surface area contributed by atoms with Crippen molar-refractivity contribution in [2.45, 2.75) is 33.1 Å². The number of aromatic nitrogens is 2. The summed E-state index contributed by atoms with van der Waals surface area (Å²) in [6, 6.07) is 8.13. The number of aryl methyl sites for hydroxylation is 1. The smallest absolute Gasteiger partial charge is 0.409 e. The number of piperazine rings is 1. The molecule has 0 unspecified atom stereocenters. The van der Waals surface area contributed by atoms with Crippen LogP contribution in [0.25, 0.3) is 5.69 Å². The summed E-state index contributed by atoms with van der Waals surface area (Å²) in [5.41, 5.74) is 4.98. The van der Waals surface area contributed by atoms with Crippen LogP contribution in [0.15, 0.2) is 24.3 Å². The molecule has 2 aliphatic rings. The molecule has 148 valence electrons. The van der Waals surface area contributed by atoms with Gasteiger partial charge in [0.1, 0.15) is 0 Å². The Morgan fingerprint density at radius 3 is 2.50 bits per heavy atom. The molecule has 7 heteroatoms. The fourth-order valence-corrected chi connectivity index (χ4v) is 4.07. The van der Waals surface area contributed by atoms with Crippen molar-refractivity contribution in [3.63, 3.8) is 0 Å². The van der Waals surface area contributed by atoms with E-state index in [9.17, 15) is 9.59 Å². The zero-order valence-electron chi connectivity index (χ0n) is 16.5. The van der Waals surface area contributed by atoms with Gasteiger partial charge in [-0.25, -0.2) is 9.48 Å². The minimum Gasteiger partial charge on any atom is -0.450 e. The van der Waals surface area contributed by atoms with Crippen molar-refractivity contribution in [2.75, 3.05) is 32.8 Å². The predicted molar refractivity (Wildman–Crippen MR) is 105 cm³/mol. The van der Waals surface area contributed by atoms with Crippen LogP contribution in [0.5, 0.6) is 0 Å². The Balaban J connectivity index is 1.56. The molecule has 0 radical (unpaired) electrons. The van der Waals surface area contributed by atoms with Gasteiger partial charge < -0.3 is 14.5 Å². The highest BCUT2D eigenvalue weighted by Crippen LogP contribution is 2.29. The highest BCUT2D eigenvalue weighted by Gasteiger charge is 2.32. The second-order valence-electron chi connectivity index (χ2n) is 7.30. The molecule has 1 saturated heterocycles. The number of fused-ring (bicyclic) bond motifs is 1. The lowest BCUT2D eigenvalue weighted by molar-refractivity contribution is 0.0564. The van der Waals surface area contributed by atoms with Gasteiger partial charge >= 0.3 is 6.09 Å². The molecule has 1 aromatic carbocycles. The number of rotatable bonds is 3. The zero-order valence-corrected chi connectivity index (χ0v) is 16.5. The molecule has 0 bridgehead atoms. The molecular weight excluding hydrogens is 356 g/mol. The predicted octanol–water partition coefficient (Wildman–Crippen LogP) is 2.58. The Morgan fingerprint density at radius 1 is 1.07 bits per heavy atom. The largest absolute Gasteiger partial charge is 0.450 e. The first-order valence-corrected chi connectivity index (χ1v) is 9.98. The maximum absolute atomic E-state index is 13.2. The Morgan fingerprint density at radius 2 is 1.79 bits per heavy atom. The van der Waals surface area contributed by atoms with Crippen LogP contribution in [0.2, 0.25) is 0 Å². The molecule has 1 fully saturated rings. The first-order valence-electron chi connectivity index (χ1n) is 9.98. The number of benzene rings is 1. The van der Waals surface area contributed by atoms with Gasteiger partial charge in [-0.05, 0) is 44.7 Å². The van der Waals surface area contributed by atoms with E-state index in [1.807, 2.05) is 22.9 Å². The fourth-order valence-electron chi connectivity index (χ4n) is 4.07. The summed E-state index contributed by atoms with van der Waals surface area (Å²) in [5, 5.41) is 4.74. The number of amides is 2. The first kappa shape index (κ1) is 18.5.